The minimum atomic E-state index is 0.404. The van der Waals surface area contributed by atoms with Gasteiger partial charge in [0, 0.05) is 5.75 Å². The second-order valence-electron chi connectivity index (χ2n) is 5.02. The minimum absolute atomic E-state index is 0.404. The second-order valence-corrected chi connectivity index (χ2v) is 6.10. The summed E-state index contributed by atoms with van der Waals surface area (Å²) in [6, 6.07) is 7.65. The topological polar surface area (TPSA) is 98.9 Å². The van der Waals surface area contributed by atoms with E-state index in [-0.39, 0.29) is 0 Å². The number of nitrogen functional groups attached to an aromatic ring is 1. The van der Waals surface area contributed by atoms with Crippen molar-refractivity contribution in [2.45, 2.75) is 18.5 Å². The van der Waals surface area contributed by atoms with Crippen LogP contribution in [0.25, 0.3) is 11.2 Å². The molecule has 0 radical (unpaired) electrons. The van der Waals surface area contributed by atoms with Crippen molar-refractivity contribution in [3.8, 4) is 11.5 Å². The molecule has 0 fully saturated rings. The molecule has 2 aromatic heterocycles. The van der Waals surface area contributed by atoms with Crippen molar-refractivity contribution in [1.29, 1.82) is 0 Å². The number of rotatable bonds is 8. The number of aromatic nitrogens is 4. The van der Waals surface area contributed by atoms with Crippen LogP contribution in [0.2, 0.25) is 0 Å². The van der Waals surface area contributed by atoms with Crippen LogP contribution in [0.15, 0.2) is 35.7 Å². The standard InChI is InChI=1S/C16H19N5O2S/c1-2-7-22-11-3-5-12(6-4-11)23-8-9-24-16-20-13-14(17)18-10-19-15(13)21-16/h3-6,10H,2,7-9H2,1H3,(H3,17,18,19,20,21). The lowest BCUT2D eigenvalue weighted by molar-refractivity contribution is 0.314. The molecule has 0 amide bonds. The van der Waals surface area contributed by atoms with E-state index in [4.69, 9.17) is 15.2 Å². The molecule has 3 aromatic rings. The van der Waals surface area contributed by atoms with Gasteiger partial charge in [0.25, 0.3) is 0 Å². The molecule has 0 bridgehead atoms. The van der Waals surface area contributed by atoms with Crippen molar-refractivity contribution in [3.63, 3.8) is 0 Å². The summed E-state index contributed by atoms with van der Waals surface area (Å²) >= 11 is 1.55. The van der Waals surface area contributed by atoms with Crippen molar-refractivity contribution in [2.24, 2.45) is 0 Å². The highest BCUT2D eigenvalue weighted by molar-refractivity contribution is 7.99. The molecule has 2 heterocycles. The Balaban J connectivity index is 1.47. The van der Waals surface area contributed by atoms with E-state index in [1.807, 2.05) is 24.3 Å². The summed E-state index contributed by atoms with van der Waals surface area (Å²) in [6.45, 7) is 3.37. The lowest BCUT2D eigenvalue weighted by atomic mass is 10.3. The molecule has 0 atom stereocenters. The maximum Gasteiger partial charge on any atom is 0.183 e. The summed E-state index contributed by atoms with van der Waals surface area (Å²) in [7, 11) is 0. The van der Waals surface area contributed by atoms with E-state index in [2.05, 4.69) is 26.9 Å². The van der Waals surface area contributed by atoms with Crippen LogP contribution in [0, 0.1) is 0 Å². The number of hydrogen-bond donors (Lipinski definition) is 2. The fraction of sp³-hybridized carbons (Fsp3) is 0.312. The number of benzene rings is 1. The molecule has 0 spiro atoms. The number of nitrogens with two attached hydrogens (primary N) is 1. The molecule has 0 saturated carbocycles. The van der Waals surface area contributed by atoms with Crippen LogP contribution in [0.4, 0.5) is 5.82 Å². The van der Waals surface area contributed by atoms with Crippen LogP contribution < -0.4 is 15.2 Å². The van der Waals surface area contributed by atoms with Crippen LogP contribution in [0.5, 0.6) is 11.5 Å². The fourth-order valence-corrected chi connectivity index (χ4v) is 2.73. The molecule has 0 saturated heterocycles. The van der Waals surface area contributed by atoms with E-state index in [1.54, 1.807) is 11.8 Å². The first-order chi connectivity index (χ1) is 11.8. The zero-order valence-corrected chi connectivity index (χ0v) is 14.2. The monoisotopic (exact) mass is 345 g/mol. The van der Waals surface area contributed by atoms with Gasteiger partial charge in [-0.25, -0.2) is 15.0 Å². The summed E-state index contributed by atoms with van der Waals surface area (Å²) in [5, 5.41) is 0.754. The Morgan fingerprint density at radius 2 is 1.79 bits per heavy atom. The molecular weight excluding hydrogens is 326 g/mol. The predicted octanol–water partition coefficient (Wildman–Crippen LogP) is 2.89. The number of imidazole rings is 1. The summed E-state index contributed by atoms with van der Waals surface area (Å²) in [6.07, 6.45) is 2.40. The maximum atomic E-state index is 5.78. The van der Waals surface area contributed by atoms with Gasteiger partial charge in [0.15, 0.2) is 16.6 Å². The van der Waals surface area contributed by atoms with Gasteiger partial charge in [-0.2, -0.15) is 0 Å². The number of ether oxygens (including phenoxy) is 2. The minimum Gasteiger partial charge on any atom is -0.494 e. The molecule has 24 heavy (non-hydrogen) atoms. The summed E-state index contributed by atoms with van der Waals surface area (Å²) < 4.78 is 11.3. The number of H-pyrrole nitrogens is 1. The highest BCUT2D eigenvalue weighted by atomic mass is 32.2. The van der Waals surface area contributed by atoms with Crippen molar-refractivity contribution in [3.05, 3.63) is 30.6 Å². The van der Waals surface area contributed by atoms with Crippen molar-refractivity contribution in [1.82, 2.24) is 19.9 Å². The fourth-order valence-electron chi connectivity index (χ4n) is 2.04. The number of anilines is 1. The summed E-state index contributed by atoms with van der Waals surface area (Å²) in [5.74, 6) is 2.83. The largest absolute Gasteiger partial charge is 0.494 e. The lowest BCUT2D eigenvalue weighted by Gasteiger charge is -2.07. The first-order valence-electron chi connectivity index (χ1n) is 7.71. The van der Waals surface area contributed by atoms with Crippen LogP contribution in [-0.4, -0.2) is 38.9 Å². The Labute approximate surface area is 144 Å². The quantitative estimate of drug-likeness (QED) is 0.478. The van der Waals surface area contributed by atoms with Gasteiger partial charge < -0.3 is 20.2 Å². The summed E-state index contributed by atoms with van der Waals surface area (Å²) in [5.41, 5.74) is 7.02. The Hall–Kier alpha value is -2.48. The molecule has 0 unspecified atom stereocenters. The number of nitrogens with one attached hydrogen (secondary N) is 1. The SMILES string of the molecule is CCCOc1ccc(OCCSc2nc3ncnc(N)c3[nH]2)cc1. The lowest BCUT2D eigenvalue weighted by Crippen LogP contribution is -2.00. The van der Waals surface area contributed by atoms with E-state index in [0.29, 0.717) is 23.6 Å². The molecule has 1 aromatic carbocycles. The van der Waals surface area contributed by atoms with E-state index < -0.39 is 0 Å². The van der Waals surface area contributed by atoms with Gasteiger partial charge >= 0.3 is 0 Å². The summed E-state index contributed by atoms with van der Waals surface area (Å²) in [4.78, 5) is 15.5. The van der Waals surface area contributed by atoms with Crippen LogP contribution in [0.3, 0.4) is 0 Å². The molecule has 0 aliphatic heterocycles. The predicted molar refractivity (Wildman–Crippen MR) is 94.5 cm³/mol. The highest BCUT2D eigenvalue weighted by Gasteiger charge is 2.07. The molecule has 0 aliphatic rings. The van der Waals surface area contributed by atoms with Gasteiger partial charge in [0.1, 0.15) is 23.3 Å². The smallest absolute Gasteiger partial charge is 0.183 e. The highest BCUT2D eigenvalue weighted by Crippen LogP contribution is 2.21. The van der Waals surface area contributed by atoms with E-state index in [0.717, 1.165) is 35.4 Å². The molecule has 0 aliphatic carbocycles. The van der Waals surface area contributed by atoms with Crippen molar-refractivity contribution >= 4 is 28.7 Å². The molecule has 7 nitrogen and oxygen atoms in total. The zero-order chi connectivity index (χ0) is 16.8. The molecular formula is C16H19N5O2S. The van der Waals surface area contributed by atoms with Gasteiger partial charge in [-0.3, -0.25) is 0 Å². The Kier molecular flexibility index (Phi) is 5.37. The number of fused-ring (bicyclic) bond motifs is 1. The van der Waals surface area contributed by atoms with Crippen LogP contribution in [-0.2, 0) is 0 Å². The molecule has 126 valence electrons. The second kappa shape index (κ2) is 7.87. The maximum absolute atomic E-state index is 5.78. The number of thioether (sulfide) groups is 1. The normalized spacial score (nSPS) is 10.9. The van der Waals surface area contributed by atoms with Crippen LogP contribution >= 0.6 is 11.8 Å². The number of aromatic amines is 1. The Morgan fingerprint density at radius 1 is 1.08 bits per heavy atom. The van der Waals surface area contributed by atoms with Crippen LogP contribution in [0.1, 0.15) is 13.3 Å². The van der Waals surface area contributed by atoms with Gasteiger partial charge in [0.05, 0.1) is 13.2 Å². The van der Waals surface area contributed by atoms with Gasteiger partial charge in [-0.15, -0.1) is 0 Å². The van der Waals surface area contributed by atoms with Crippen molar-refractivity contribution < 1.29 is 9.47 Å². The molecule has 3 N–H and O–H groups in total. The average molecular weight is 345 g/mol. The van der Waals surface area contributed by atoms with Gasteiger partial charge in [0.2, 0.25) is 0 Å². The Bertz CT molecular complexity index is 791. The van der Waals surface area contributed by atoms with E-state index in [9.17, 15) is 0 Å². The van der Waals surface area contributed by atoms with E-state index >= 15 is 0 Å². The molecule has 3 rings (SSSR count). The Morgan fingerprint density at radius 3 is 2.46 bits per heavy atom. The molecule has 8 heteroatoms. The third kappa shape index (κ3) is 4.08. The third-order valence-electron chi connectivity index (χ3n) is 3.18. The number of nitrogens with zero attached hydrogens (tertiary/aromatic N) is 3. The average Bonchev–Trinajstić information content (AvgIpc) is 3.02. The van der Waals surface area contributed by atoms with Crippen molar-refractivity contribution in [2.75, 3.05) is 24.7 Å². The zero-order valence-electron chi connectivity index (χ0n) is 13.4. The third-order valence-corrected chi connectivity index (χ3v) is 4.02. The number of hydrogen-bond acceptors (Lipinski definition) is 7. The first kappa shape index (κ1) is 16.4. The van der Waals surface area contributed by atoms with E-state index in [1.165, 1.54) is 6.33 Å². The van der Waals surface area contributed by atoms with Gasteiger partial charge in [-0.05, 0) is 30.7 Å². The first-order valence-corrected chi connectivity index (χ1v) is 8.69. The van der Waals surface area contributed by atoms with Gasteiger partial charge in [-0.1, -0.05) is 18.7 Å².